The van der Waals surface area contributed by atoms with E-state index in [1.165, 1.54) is 44.9 Å². The average molecular weight is 321 g/mol. The third-order valence-corrected chi connectivity index (χ3v) is 5.01. The molecule has 0 radical (unpaired) electrons. The first kappa shape index (κ1) is 15.4. The molecule has 0 saturated heterocycles. The molecule has 0 aliphatic heterocycles. The third-order valence-electron chi connectivity index (χ3n) is 3.81. The summed E-state index contributed by atoms with van der Waals surface area (Å²) < 4.78 is 0. The standard InChI is InChI=1S/C15H20Cl3N/c16-13-8-9-14(17)15(18)12(13)10-19-11-6-4-2-1-3-5-7-11/h8-9,11,19H,1-7,10H2. The minimum atomic E-state index is 0.570. The highest BCUT2D eigenvalue weighted by Gasteiger charge is 2.14. The van der Waals surface area contributed by atoms with Crippen LogP contribution in [0.1, 0.15) is 50.5 Å². The molecule has 0 heterocycles. The maximum atomic E-state index is 6.22. The van der Waals surface area contributed by atoms with E-state index >= 15 is 0 Å². The molecule has 19 heavy (non-hydrogen) atoms. The van der Waals surface area contributed by atoms with Gasteiger partial charge in [0, 0.05) is 23.2 Å². The number of rotatable bonds is 3. The van der Waals surface area contributed by atoms with Crippen molar-refractivity contribution in [3.8, 4) is 0 Å². The highest BCUT2D eigenvalue weighted by Crippen LogP contribution is 2.31. The summed E-state index contributed by atoms with van der Waals surface area (Å²) in [6.07, 6.45) is 9.22. The van der Waals surface area contributed by atoms with Crippen molar-refractivity contribution in [3.05, 3.63) is 32.8 Å². The Morgan fingerprint density at radius 1 is 0.895 bits per heavy atom. The Hall–Kier alpha value is 0.0500. The molecule has 1 aliphatic rings. The summed E-state index contributed by atoms with van der Waals surface area (Å²) in [5, 5.41) is 5.42. The fourth-order valence-corrected chi connectivity index (χ4v) is 3.32. The SMILES string of the molecule is Clc1ccc(Cl)c(CNC2CCCCCCC2)c1Cl. The van der Waals surface area contributed by atoms with E-state index in [0.29, 0.717) is 27.7 Å². The van der Waals surface area contributed by atoms with E-state index in [0.717, 1.165) is 5.56 Å². The van der Waals surface area contributed by atoms with Crippen LogP contribution in [0, 0.1) is 0 Å². The molecule has 1 aromatic carbocycles. The van der Waals surface area contributed by atoms with Gasteiger partial charge in [0.2, 0.25) is 0 Å². The van der Waals surface area contributed by atoms with Gasteiger partial charge in [0.15, 0.2) is 0 Å². The van der Waals surface area contributed by atoms with Gasteiger partial charge in [-0.1, -0.05) is 66.9 Å². The monoisotopic (exact) mass is 319 g/mol. The summed E-state index contributed by atoms with van der Waals surface area (Å²) >= 11 is 18.4. The summed E-state index contributed by atoms with van der Waals surface area (Å²) in [7, 11) is 0. The number of hydrogen-bond acceptors (Lipinski definition) is 1. The van der Waals surface area contributed by atoms with Crippen LogP contribution in [0.4, 0.5) is 0 Å². The van der Waals surface area contributed by atoms with Crippen molar-refractivity contribution in [2.75, 3.05) is 0 Å². The van der Waals surface area contributed by atoms with Crippen LogP contribution in [-0.2, 0) is 6.54 Å². The lowest BCUT2D eigenvalue weighted by Gasteiger charge is -2.21. The molecule has 2 rings (SSSR count). The molecule has 1 aliphatic carbocycles. The normalized spacial score (nSPS) is 18.1. The topological polar surface area (TPSA) is 12.0 Å². The van der Waals surface area contributed by atoms with Gasteiger partial charge in [-0.15, -0.1) is 0 Å². The molecule has 1 N–H and O–H groups in total. The van der Waals surface area contributed by atoms with Crippen LogP contribution >= 0.6 is 34.8 Å². The van der Waals surface area contributed by atoms with Gasteiger partial charge in [-0.3, -0.25) is 0 Å². The lowest BCUT2D eigenvalue weighted by Crippen LogP contribution is -2.29. The molecule has 1 fully saturated rings. The van der Waals surface area contributed by atoms with Crippen molar-refractivity contribution in [2.45, 2.75) is 57.5 Å². The molecule has 0 spiro atoms. The Morgan fingerprint density at radius 3 is 2.16 bits per heavy atom. The summed E-state index contributed by atoms with van der Waals surface area (Å²) in [6, 6.07) is 4.13. The maximum absolute atomic E-state index is 6.22. The molecule has 0 atom stereocenters. The van der Waals surface area contributed by atoms with Crippen LogP contribution in [-0.4, -0.2) is 6.04 Å². The number of benzene rings is 1. The molecular weight excluding hydrogens is 301 g/mol. The fraction of sp³-hybridized carbons (Fsp3) is 0.600. The zero-order valence-electron chi connectivity index (χ0n) is 11.0. The fourth-order valence-electron chi connectivity index (χ4n) is 2.64. The van der Waals surface area contributed by atoms with Crippen LogP contribution in [0.25, 0.3) is 0 Å². The second-order valence-electron chi connectivity index (χ2n) is 5.24. The van der Waals surface area contributed by atoms with Gasteiger partial charge in [-0.05, 0) is 25.0 Å². The van der Waals surface area contributed by atoms with Crippen molar-refractivity contribution in [1.82, 2.24) is 5.32 Å². The summed E-state index contributed by atoms with van der Waals surface area (Å²) in [5.41, 5.74) is 0.915. The predicted molar refractivity (Wildman–Crippen MR) is 84.4 cm³/mol. The van der Waals surface area contributed by atoms with Crippen molar-refractivity contribution in [1.29, 1.82) is 0 Å². The van der Waals surface area contributed by atoms with E-state index in [1.807, 2.05) is 6.07 Å². The van der Waals surface area contributed by atoms with E-state index in [1.54, 1.807) is 6.07 Å². The van der Waals surface area contributed by atoms with Crippen molar-refractivity contribution in [3.63, 3.8) is 0 Å². The molecule has 1 aromatic rings. The smallest absolute Gasteiger partial charge is 0.0652 e. The molecule has 0 bridgehead atoms. The first-order chi connectivity index (χ1) is 9.18. The van der Waals surface area contributed by atoms with Gasteiger partial charge >= 0.3 is 0 Å². The van der Waals surface area contributed by atoms with Crippen LogP contribution in [0.15, 0.2) is 12.1 Å². The maximum Gasteiger partial charge on any atom is 0.0652 e. The number of halogens is 3. The number of nitrogens with one attached hydrogen (secondary N) is 1. The Kier molecular flexibility index (Phi) is 6.28. The van der Waals surface area contributed by atoms with Gasteiger partial charge in [-0.2, -0.15) is 0 Å². The zero-order valence-corrected chi connectivity index (χ0v) is 13.3. The molecule has 0 amide bonds. The minimum Gasteiger partial charge on any atom is -0.310 e. The van der Waals surface area contributed by atoms with Gasteiger partial charge < -0.3 is 5.32 Å². The Labute approximate surface area is 130 Å². The van der Waals surface area contributed by atoms with Crippen LogP contribution in [0.2, 0.25) is 15.1 Å². The van der Waals surface area contributed by atoms with Gasteiger partial charge in [0.25, 0.3) is 0 Å². The van der Waals surface area contributed by atoms with Crippen molar-refractivity contribution < 1.29 is 0 Å². The predicted octanol–water partition coefficient (Wildman–Crippen LogP) is 5.85. The van der Waals surface area contributed by atoms with E-state index in [2.05, 4.69) is 5.32 Å². The average Bonchev–Trinajstić information content (AvgIpc) is 2.36. The molecule has 106 valence electrons. The van der Waals surface area contributed by atoms with E-state index < -0.39 is 0 Å². The van der Waals surface area contributed by atoms with Crippen LogP contribution < -0.4 is 5.32 Å². The first-order valence-corrected chi connectivity index (χ1v) is 8.17. The Balaban J connectivity index is 1.95. The second-order valence-corrected chi connectivity index (χ2v) is 6.44. The molecule has 0 unspecified atom stereocenters. The van der Waals surface area contributed by atoms with Crippen molar-refractivity contribution in [2.24, 2.45) is 0 Å². The summed E-state index contributed by atoms with van der Waals surface area (Å²) in [5.74, 6) is 0. The summed E-state index contributed by atoms with van der Waals surface area (Å²) in [4.78, 5) is 0. The first-order valence-electron chi connectivity index (χ1n) is 7.04. The van der Waals surface area contributed by atoms with Crippen molar-refractivity contribution >= 4 is 34.8 Å². The van der Waals surface area contributed by atoms with Gasteiger partial charge in [0.1, 0.15) is 0 Å². The Bertz CT molecular complexity index is 412. The van der Waals surface area contributed by atoms with Gasteiger partial charge in [-0.25, -0.2) is 0 Å². The summed E-state index contributed by atoms with van der Waals surface area (Å²) in [6.45, 7) is 0.697. The lowest BCUT2D eigenvalue weighted by molar-refractivity contribution is 0.389. The molecule has 0 aromatic heterocycles. The van der Waals surface area contributed by atoms with Crippen LogP contribution in [0.5, 0.6) is 0 Å². The van der Waals surface area contributed by atoms with E-state index in [9.17, 15) is 0 Å². The quantitative estimate of drug-likeness (QED) is 0.689. The minimum absolute atomic E-state index is 0.570. The number of hydrogen-bond donors (Lipinski definition) is 1. The Morgan fingerprint density at radius 2 is 1.47 bits per heavy atom. The highest BCUT2D eigenvalue weighted by atomic mass is 35.5. The van der Waals surface area contributed by atoms with E-state index in [4.69, 9.17) is 34.8 Å². The van der Waals surface area contributed by atoms with Crippen LogP contribution in [0.3, 0.4) is 0 Å². The third kappa shape index (κ3) is 4.53. The van der Waals surface area contributed by atoms with E-state index in [-0.39, 0.29) is 0 Å². The van der Waals surface area contributed by atoms with Gasteiger partial charge in [0.05, 0.1) is 10.0 Å². The lowest BCUT2D eigenvalue weighted by atomic mass is 9.96. The molecule has 1 nitrogen and oxygen atoms in total. The molecular formula is C15H20Cl3N. The second kappa shape index (κ2) is 7.73. The highest BCUT2D eigenvalue weighted by molar-refractivity contribution is 6.44. The molecule has 4 heteroatoms. The largest absolute Gasteiger partial charge is 0.310 e. The zero-order chi connectivity index (χ0) is 13.7. The molecule has 1 saturated carbocycles.